The second-order valence-corrected chi connectivity index (χ2v) is 11.3. The van der Waals surface area contributed by atoms with E-state index in [4.69, 9.17) is 23.7 Å². The summed E-state index contributed by atoms with van der Waals surface area (Å²) in [4.78, 5) is 91.8. The molecule has 0 saturated carbocycles. The Kier molecular flexibility index (Phi) is 12.9. The van der Waals surface area contributed by atoms with E-state index in [-0.39, 0.29) is 11.6 Å². The van der Waals surface area contributed by atoms with Gasteiger partial charge in [0.25, 0.3) is 17.5 Å². The molecule has 1 saturated heterocycles. The minimum atomic E-state index is -1.66. The molecule has 268 valence electrons. The van der Waals surface area contributed by atoms with Crippen LogP contribution in [0.2, 0.25) is 0 Å². The fraction of sp³-hybridized carbons (Fsp3) is 0.552. The van der Waals surface area contributed by atoms with E-state index in [0.29, 0.717) is 13.0 Å². The van der Waals surface area contributed by atoms with Crippen molar-refractivity contribution in [2.75, 3.05) is 39.1 Å². The van der Waals surface area contributed by atoms with Gasteiger partial charge in [-0.2, -0.15) is 0 Å². The van der Waals surface area contributed by atoms with Crippen LogP contribution >= 0.6 is 0 Å². The second kappa shape index (κ2) is 16.6. The monoisotopic (exact) mass is 693 g/mol. The highest BCUT2D eigenvalue weighted by molar-refractivity contribution is 6.03. The topological polar surface area (TPSA) is 242 Å². The average Bonchev–Trinajstić information content (AvgIpc) is 3.59. The molecule has 0 aromatic carbocycles. The first-order valence-corrected chi connectivity index (χ1v) is 14.9. The number of carbonyl (C=O) groups excluding carboxylic acids is 6. The van der Waals surface area contributed by atoms with Crippen molar-refractivity contribution in [3.05, 3.63) is 40.1 Å². The Balaban J connectivity index is 2.04. The fourth-order valence-electron chi connectivity index (χ4n) is 4.98. The molecule has 2 amide bonds. The van der Waals surface area contributed by atoms with E-state index < -0.39 is 89.2 Å². The van der Waals surface area contributed by atoms with Crippen LogP contribution in [0.1, 0.15) is 61.5 Å². The Hall–Kier alpha value is -5.37. The van der Waals surface area contributed by atoms with E-state index in [1.54, 1.807) is 0 Å². The van der Waals surface area contributed by atoms with E-state index in [2.05, 4.69) is 15.6 Å². The number of aryl methyl sites for hydroxylation is 1. The van der Waals surface area contributed by atoms with Crippen LogP contribution in [0.15, 0.2) is 18.5 Å². The summed E-state index contributed by atoms with van der Waals surface area (Å²) in [5, 5.41) is 17.1. The summed E-state index contributed by atoms with van der Waals surface area (Å²) in [5.41, 5.74) is -0.996. The van der Waals surface area contributed by atoms with Crippen molar-refractivity contribution < 1.29 is 57.4 Å². The number of nitrogens with one attached hydrogen (secondary N) is 2. The summed E-state index contributed by atoms with van der Waals surface area (Å²) in [6.45, 7) is 4.76. The minimum absolute atomic E-state index is 0.0268. The van der Waals surface area contributed by atoms with Crippen LogP contribution in [0.5, 0.6) is 0 Å². The zero-order valence-electron chi connectivity index (χ0n) is 28.0. The largest absolute Gasteiger partial charge is 0.463 e. The molecule has 0 spiro atoms. The molecule has 49 heavy (non-hydrogen) atoms. The first-order chi connectivity index (χ1) is 23.0. The van der Waals surface area contributed by atoms with Crippen molar-refractivity contribution in [2.45, 2.75) is 64.8 Å². The summed E-state index contributed by atoms with van der Waals surface area (Å²) in [7, 11) is 5.33. The van der Waals surface area contributed by atoms with Crippen molar-refractivity contribution in [3.63, 3.8) is 0 Å². The molecule has 0 aliphatic carbocycles. The molecule has 2 N–H and O–H groups in total. The smallest absolute Gasteiger partial charge is 0.303 e. The van der Waals surface area contributed by atoms with Crippen LogP contribution in [0.3, 0.4) is 0 Å². The summed E-state index contributed by atoms with van der Waals surface area (Å²) < 4.78 is 29.7. The molecule has 5 atom stereocenters. The van der Waals surface area contributed by atoms with Crippen LogP contribution < -0.4 is 10.6 Å². The van der Waals surface area contributed by atoms with Crippen LogP contribution in [-0.4, -0.2) is 118 Å². The summed E-state index contributed by atoms with van der Waals surface area (Å²) in [6, 6.07) is 0.908. The minimum Gasteiger partial charge on any atom is -0.463 e. The number of amides is 2. The lowest BCUT2D eigenvalue weighted by Crippen LogP contribution is -2.60. The van der Waals surface area contributed by atoms with Crippen molar-refractivity contribution >= 4 is 47.2 Å². The van der Waals surface area contributed by atoms with E-state index >= 15 is 0 Å². The zero-order valence-corrected chi connectivity index (χ0v) is 28.0. The Bertz CT molecular complexity index is 1580. The number of ether oxygens (including phenoxy) is 5. The van der Waals surface area contributed by atoms with Gasteiger partial charge in [0, 0.05) is 53.6 Å². The standard InChI is InChI=1S/C29H39N7O13/c1-15(37)45-14-21-23(46-16(2)38)24(47-17(3)39)25(48-18(4)40)29(49-21)35-12-19(36(43)44)11-20(35)27(41)32-22-13-34(7)26(31-22)28(42)30-9-8-10-33(5)6/h11-13,21,23-25,29H,8-10,14H2,1-7H3,(H,30,42)(H,32,41)/t21-,23-,24-,25-,29+/m1/s1. The van der Waals surface area contributed by atoms with E-state index in [1.165, 1.54) is 17.8 Å². The van der Waals surface area contributed by atoms with Crippen molar-refractivity contribution in [3.8, 4) is 0 Å². The van der Waals surface area contributed by atoms with Gasteiger partial charge in [0.15, 0.2) is 30.4 Å². The van der Waals surface area contributed by atoms with Crippen LogP contribution in [-0.2, 0) is 49.9 Å². The van der Waals surface area contributed by atoms with Gasteiger partial charge in [-0.15, -0.1) is 0 Å². The quantitative estimate of drug-likeness (QED) is 0.0890. The molecule has 20 nitrogen and oxygen atoms in total. The predicted octanol–water partition coefficient (Wildman–Crippen LogP) is 0.319. The summed E-state index contributed by atoms with van der Waals surface area (Å²) in [5.74, 6) is -4.98. The average molecular weight is 694 g/mol. The molecule has 3 rings (SSSR count). The zero-order chi connectivity index (χ0) is 36.6. The third-order valence-corrected chi connectivity index (χ3v) is 6.91. The van der Waals surface area contributed by atoms with Crippen molar-refractivity contribution in [1.82, 2.24) is 24.3 Å². The first-order valence-electron chi connectivity index (χ1n) is 14.9. The molecule has 1 aliphatic heterocycles. The Morgan fingerprint density at radius 3 is 2.12 bits per heavy atom. The summed E-state index contributed by atoms with van der Waals surface area (Å²) in [6.07, 6.45) is -4.84. The van der Waals surface area contributed by atoms with Crippen molar-refractivity contribution in [1.29, 1.82) is 0 Å². The maximum absolute atomic E-state index is 13.7. The number of carbonyl (C=O) groups is 6. The Labute approximate surface area is 280 Å². The van der Waals surface area contributed by atoms with Gasteiger partial charge in [-0.25, -0.2) is 4.98 Å². The van der Waals surface area contributed by atoms with Gasteiger partial charge in [-0.1, -0.05) is 0 Å². The third-order valence-electron chi connectivity index (χ3n) is 6.91. The lowest BCUT2D eigenvalue weighted by atomic mass is 9.97. The molecule has 1 fully saturated rings. The van der Waals surface area contributed by atoms with Gasteiger partial charge in [-0.3, -0.25) is 38.9 Å². The third kappa shape index (κ3) is 10.3. The number of aromatic nitrogens is 3. The molecular weight excluding hydrogens is 654 g/mol. The highest BCUT2D eigenvalue weighted by atomic mass is 16.7. The number of hydrogen-bond donors (Lipinski definition) is 2. The van der Waals surface area contributed by atoms with E-state index in [9.17, 15) is 38.9 Å². The highest BCUT2D eigenvalue weighted by Crippen LogP contribution is 2.37. The number of rotatable bonds is 14. The number of imidazole rings is 1. The fourth-order valence-corrected chi connectivity index (χ4v) is 4.98. The summed E-state index contributed by atoms with van der Waals surface area (Å²) >= 11 is 0. The molecule has 0 radical (unpaired) electrons. The van der Waals surface area contributed by atoms with Crippen LogP contribution in [0.25, 0.3) is 0 Å². The van der Waals surface area contributed by atoms with Crippen molar-refractivity contribution in [2.24, 2.45) is 7.05 Å². The predicted molar refractivity (Wildman–Crippen MR) is 165 cm³/mol. The second-order valence-electron chi connectivity index (χ2n) is 11.3. The van der Waals surface area contributed by atoms with E-state index in [0.717, 1.165) is 51.1 Å². The number of anilines is 1. The van der Waals surface area contributed by atoms with Gasteiger partial charge in [0.2, 0.25) is 5.82 Å². The van der Waals surface area contributed by atoms with Gasteiger partial charge in [-0.05, 0) is 27.1 Å². The van der Waals surface area contributed by atoms with E-state index in [1.807, 2.05) is 19.0 Å². The number of nitrogens with zero attached hydrogens (tertiary/aromatic N) is 5. The lowest BCUT2D eigenvalue weighted by Gasteiger charge is -2.44. The Morgan fingerprint density at radius 2 is 1.55 bits per heavy atom. The SMILES string of the molecule is CC(=O)OC[C@H]1O[C@H](n2cc([N+](=O)[O-])cc2C(=O)Nc2cn(C)c(C(=O)NCCCN(C)C)n2)[C@H](OC(C)=O)[C@H](OC(C)=O)[C@@H]1OC(C)=O. The molecular formula is C29H39N7O13. The molecule has 2 aromatic rings. The maximum Gasteiger partial charge on any atom is 0.303 e. The van der Waals surface area contributed by atoms with Crippen LogP contribution in [0, 0.1) is 10.1 Å². The van der Waals surface area contributed by atoms with Gasteiger partial charge in [0.1, 0.15) is 18.4 Å². The van der Waals surface area contributed by atoms with Gasteiger partial charge >= 0.3 is 23.9 Å². The molecule has 0 unspecified atom stereocenters. The lowest BCUT2D eigenvalue weighted by molar-refractivity contribution is -0.385. The van der Waals surface area contributed by atoms with Crippen LogP contribution in [0.4, 0.5) is 11.5 Å². The maximum atomic E-state index is 13.7. The molecule has 0 bridgehead atoms. The first kappa shape index (κ1) is 38.1. The number of hydrogen-bond acceptors (Lipinski definition) is 15. The molecule has 20 heteroatoms. The number of nitro groups is 1. The number of esters is 4. The molecule has 2 aromatic heterocycles. The molecule has 3 heterocycles. The molecule has 1 aliphatic rings. The Morgan fingerprint density at radius 1 is 0.939 bits per heavy atom. The highest BCUT2D eigenvalue weighted by Gasteiger charge is 2.53. The van der Waals surface area contributed by atoms with Gasteiger partial charge < -0.3 is 48.4 Å². The normalized spacial score (nSPS) is 20.2. The van der Waals surface area contributed by atoms with Gasteiger partial charge in [0.05, 0.1) is 11.1 Å².